The number of likely N-dealkylation sites (N-methyl/N-ethyl adjacent to an activating group) is 1. The van der Waals surface area contributed by atoms with Gasteiger partial charge in [-0.2, -0.15) is 5.01 Å². The molecule has 0 aliphatic carbocycles. The van der Waals surface area contributed by atoms with Crippen LogP contribution >= 0.6 is 0 Å². The Morgan fingerprint density at radius 1 is 1.20 bits per heavy atom. The maximum atomic E-state index is 14.3. The van der Waals surface area contributed by atoms with Crippen LogP contribution in [0.3, 0.4) is 0 Å². The number of hydrazine groups is 1. The van der Waals surface area contributed by atoms with Crippen LogP contribution in [0.25, 0.3) is 5.57 Å². The van der Waals surface area contributed by atoms with Crippen molar-refractivity contribution in [3.8, 4) is 0 Å². The molecule has 1 aliphatic heterocycles. The van der Waals surface area contributed by atoms with E-state index in [9.17, 15) is 14.0 Å². The van der Waals surface area contributed by atoms with Gasteiger partial charge in [0.25, 0.3) is 5.91 Å². The largest absolute Gasteiger partial charge is 0.448 e. The highest BCUT2D eigenvalue weighted by Crippen LogP contribution is 2.24. The number of halogens is 1. The Bertz CT molecular complexity index is 1360. The first-order valence-corrected chi connectivity index (χ1v) is 13.9. The van der Waals surface area contributed by atoms with Crippen LogP contribution in [0.4, 0.5) is 9.18 Å². The summed E-state index contributed by atoms with van der Waals surface area (Å²) in [6, 6.07) is 8.33. The quantitative estimate of drug-likeness (QED) is 0.165. The number of hydrogen-bond donors (Lipinski definition) is 0. The number of benzene rings is 1. The monoisotopic (exact) mass is 563 g/mol. The number of hydrogen-bond acceptors (Lipinski definition) is 7. The normalized spacial score (nSPS) is 16.8. The summed E-state index contributed by atoms with van der Waals surface area (Å²) in [4.78, 5) is 35.8. The molecule has 0 atom stereocenters. The van der Waals surface area contributed by atoms with Gasteiger partial charge in [0.15, 0.2) is 5.84 Å². The molecule has 1 saturated heterocycles. The minimum Gasteiger partial charge on any atom is -0.448 e. The van der Waals surface area contributed by atoms with Gasteiger partial charge in [0, 0.05) is 19.7 Å². The van der Waals surface area contributed by atoms with Crippen molar-refractivity contribution < 1.29 is 23.2 Å². The van der Waals surface area contributed by atoms with Crippen molar-refractivity contribution in [1.29, 1.82) is 0 Å². The van der Waals surface area contributed by atoms with Gasteiger partial charge in [0.1, 0.15) is 17.8 Å². The van der Waals surface area contributed by atoms with Crippen LogP contribution in [0.5, 0.6) is 0 Å². The molecule has 0 spiro atoms. The number of amidine groups is 1. The third-order valence-corrected chi connectivity index (χ3v) is 6.38. The highest BCUT2D eigenvalue weighted by molar-refractivity contribution is 6.29. The zero-order chi connectivity index (χ0) is 29.8. The van der Waals surface area contributed by atoms with Gasteiger partial charge in [0.2, 0.25) is 0 Å². The molecule has 0 unspecified atom stereocenters. The molecule has 9 nitrogen and oxygen atoms in total. The summed E-state index contributed by atoms with van der Waals surface area (Å²) in [6.07, 6.45) is 9.60. The zero-order valence-electron chi connectivity index (χ0n) is 24.4. The lowest BCUT2D eigenvalue weighted by Crippen LogP contribution is -2.43. The lowest BCUT2D eigenvalue weighted by molar-refractivity contribution is -0.130. The molecule has 2 aromatic rings. The molecule has 1 fully saturated rings. The number of carbonyl (C=O) groups excluding carboxylic acids is 2. The van der Waals surface area contributed by atoms with Gasteiger partial charge >= 0.3 is 6.09 Å². The molecule has 10 heteroatoms. The van der Waals surface area contributed by atoms with Crippen LogP contribution in [0.15, 0.2) is 80.6 Å². The maximum absolute atomic E-state index is 14.3. The van der Waals surface area contributed by atoms with Gasteiger partial charge < -0.3 is 9.26 Å². The summed E-state index contributed by atoms with van der Waals surface area (Å²) in [6.45, 7) is 8.13. The molecule has 1 aliphatic rings. The fourth-order valence-electron chi connectivity index (χ4n) is 4.05. The van der Waals surface area contributed by atoms with Gasteiger partial charge in [-0.05, 0) is 56.4 Å². The van der Waals surface area contributed by atoms with Gasteiger partial charge in [0.05, 0.1) is 23.6 Å². The summed E-state index contributed by atoms with van der Waals surface area (Å²) in [5.74, 6) is -0.512. The summed E-state index contributed by atoms with van der Waals surface area (Å²) < 4.78 is 24.7. The molecule has 1 aromatic carbocycles. The number of amides is 2. The smallest absolute Gasteiger partial charge is 0.435 e. The molecular weight excluding hydrogens is 525 g/mol. The average molecular weight is 564 g/mol. The third kappa shape index (κ3) is 8.09. The van der Waals surface area contributed by atoms with Crippen molar-refractivity contribution in [1.82, 2.24) is 15.2 Å². The Labute approximate surface area is 240 Å². The minimum absolute atomic E-state index is 0.151. The molecule has 2 heterocycles. The van der Waals surface area contributed by atoms with E-state index in [1.165, 1.54) is 24.4 Å². The number of allylic oxidation sites excluding steroid dienone is 4. The molecule has 2 amide bonds. The molecule has 218 valence electrons. The van der Waals surface area contributed by atoms with Crippen molar-refractivity contribution in [2.24, 2.45) is 9.98 Å². The molecule has 3 rings (SSSR count). The Balaban J connectivity index is 2.10. The van der Waals surface area contributed by atoms with Crippen molar-refractivity contribution in [3.05, 3.63) is 83.2 Å². The summed E-state index contributed by atoms with van der Waals surface area (Å²) in [5, 5.41) is 6.37. The number of aliphatic imine (C=N–C) groups is 2. The molecule has 0 bridgehead atoms. The van der Waals surface area contributed by atoms with Gasteiger partial charge in [-0.25, -0.2) is 19.2 Å². The SMILES string of the molecule is C/C=C1/C(=O)N(C)N(C(=O)OCCCC)/C1=N/C(=C\CCC)C(/C=C(\C)c1ccon1)=NCCc1ccccc1F. The van der Waals surface area contributed by atoms with Crippen LogP contribution in [0.1, 0.15) is 64.6 Å². The second-order valence-corrected chi connectivity index (χ2v) is 9.44. The van der Waals surface area contributed by atoms with E-state index in [2.05, 4.69) is 5.16 Å². The number of rotatable bonds is 12. The van der Waals surface area contributed by atoms with Crippen LogP contribution in [0.2, 0.25) is 0 Å². The first-order valence-electron chi connectivity index (χ1n) is 13.9. The first kappa shape index (κ1) is 31.2. The van der Waals surface area contributed by atoms with E-state index in [0.717, 1.165) is 23.4 Å². The fraction of sp³-hybridized carbons (Fsp3) is 0.387. The molecule has 0 N–H and O–H groups in total. The van der Waals surface area contributed by atoms with Crippen molar-refractivity contribution >= 4 is 29.1 Å². The molecular formula is C31H38FN5O4. The van der Waals surface area contributed by atoms with Crippen LogP contribution in [0, 0.1) is 5.82 Å². The Morgan fingerprint density at radius 3 is 2.63 bits per heavy atom. The number of nitrogens with zero attached hydrogens (tertiary/aromatic N) is 5. The van der Waals surface area contributed by atoms with Gasteiger partial charge in [-0.1, -0.05) is 62.2 Å². The highest BCUT2D eigenvalue weighted by Gasteiger charge is 2.41. The number of unbranched alkanes of at least 4 members (excludes halogenated alkanes) is 2. The third-order valence-electron chi connectivity index (χ3n) is 6.38. The van der Waals surface area contributed by atoms with E-state index in [0.29, 0.717) is 41.9 Å². The second kappa shape index (κ2) is 15.4. The lowest BCUT2D eigenvalue weighted by Gasteiger charge is -2.23. The van der Waals surface area contributed by atoms with Gasteiger partial charge in [-0.3, -0.25) is 9.79 Å². The predicted molar refractivity (Wildman–Crippen MR) is 158 cm³/mol. The highest BCUT2D eigenvalue weighted by atomic mass is 19.1. The van der Waals surface area contributed by atoms with E-state index in [-0.39, 0.29) is 36.3 Å². The molecule has 0 radical (unpaired) electrons. The number of aromatic nitrogens is 1. The topological polar surface area (TPSA) is 101 Å². The fourth-order valence-corrected chi connectivity index (χ4v) is 4.05. The summed E-state index contributed by atoms with van der Waals surface area (Å²) >= 11 is 0. The number of ether oxygens (including phenoxy) is 1. The zero-order valence-corrected chi connectivity index (χ0v) is 24.4. The van der Waals surface area contributed by atoms with Crippen LogP contribution < -0.4 is 0 Å². The van der Waals surface area contributed by atoms with Crippen LogP contribution in [-0.4, -0.2) is 58.9 Å². The molecule has 0 saturated carbocycles. The first-order chi connectivity index (χ1) is 19.8. The van der Waals surface area contributed by atoms with E-state index in [1.54, 1.807) is 37.3 Å². The minimum atomic E-state index is -0.688. The average Bonchev–Trinajstić information content (AvgIpc) is 3.58. The molecule has 41 heavy (non-hydrogen) atoms. The maximum Gasteiger partial charge on any atom is 0.435 e. The summed E-state index contributed by atoms with van der Waals surface area (Å²) in [5.41, 5.74) is 3.18. The van der Waals surface area contributed by atoms with E-state index in [1.807, 2.05) is 32.9 Å². The second-order valence-electron chi connectivity index (χ2n) is 9.44. The van der Waals surface area contributed by atoms with Crippen LogP contribution in [-0.2, 0) is 16.0 Å². The number of carbonyl (C=O) groups is 2. The Morgan fingerprint density at radius 2 is 1.98 bits per heavy atom. The van der Waals surface area contributed by atoms with Gasteiger partial charge in [-0.15, -0.1) is 0 Å². The van der Waals surface area contributed by atoms with E-state index < -0.39 is 6.09 Å². The van der Waals surface area contributed by atoms with E-state index >= 15 is 0 Å². The predicted octanol–water partition coefficient (Wildman–Crippen LogP) is 6.56. The van der Waals surface area contributed by atoms with E-state index in [4.69, 9.17) is 19.2 Å². The van der Waals surface area contributed by atoms with Crippen molar-refractivity contribution in [2.75, 3.05) is 20.2 Å². The van der Waals surface area contributed by atoms with Crippen molar-refractivity contribution in [2.45, 2.75) is 59.8 Å². The Hall–Kier alpha value is -4.34. The molecule has 1 aromatic heterocycles. The summed E-state index contributed by atoms with van der Waals surface area (Å²) in [7, 11) is 1.50. The lowest BCUT2D eigenvalue weighted by atomic mass is 10.1. The standard InChI is InChI=1S/C31H38FN5O4/c1-6-9-15-27(34-29-24(8-3)30(38)36(5)37(29)31(39)40-19-10-7-2)28(21-22(4)26-17-20-41-35-26)33-18-16-23-13-11-12-14-25(23)32/h8,11-15,17,20-21H,6-7,9-10,16,18-19H2,1-5H3/b22-21+,24-8+,27-15-,33-28?,34-29+. The van der Waals surface area contributed by atoms with Crippen molar-refractivity contribution in [3.63, 3.8) is 0 Å². The Kier molecular flexibility index (Phi) is 11.8.